The van der Waals surface area contributed by atoms with Crippen molar-refractivity contribution in [3.05, 3.63) is 33.9 Å². The molecule has 0 radical (unpaired) electrons. The number of nitrogens with zero attached hydrogens (tertiary/aromatic N) is 1. The standard InChI is InChI=1S/C10H13NO4/c1-10(2,6-12)8-5-7(13)3-4-9(8)11(14)15/h3-5,12-13H,6H2,1-2H3. The quantitative estimate of drug-likeness (QED) is 0.587. The number of aliphatic hydroxyl groups is 1. The van der Waals surface area contributed by atoms with Gasteiger partial charge in [-0.3, -0.25) is 10.1 Å². The lowest BCUT2D eigenvalue weighted by atomic mass is 9.84. The van der Waals surface area contributed by atoms with Gasteiger partial charge in [-0.25, -0.2) is 0 Å². The van der Waals surface area contributed by atoms with E-state index in [2.05, 4.69) is 0 Å². The first-order valence-corrected chi connectivity index (χ1v) is 4.47. The summed E-state index contributed by atoms with van der Waals surface area (Å²) in [5, 5.41) is 29.2. The Morgan fingerprint density at radius 1 is 1.47 bits per heavy atom. The van der Waals surface area contributed by atoms with Crippen LogP contribution in [0.4, 0.5) is 5.69 Å². The average molecular weight is 211 g/mol. The first-order valence-electron chi connectivity index (χ1n) is 4.47. The van der Waals surface area contributed by atoms with E-state index >= 15 is 0 Å². The van der Waals surface area contributed by atoms with Crippen molar-refractivity contribution in [1.29, 1.82) is 0 Å². The third kappa shape index (κ3) is 2.24. The van der Waals surface area contributed by atoms with Crippen LogP contribution in [-0.4, -0.2) is 21.7 Å². The van der Waals surface area contributed by atoms with E-state index in [9.17, 15) is 15.2 Å². The Bertz CT molecular complexity index is 387. The first-order chi connectivity index (χ1) is 6.88. The first kappa shape index (κ1) is 11.5. The van der Waals surface area contributed by atoms with E-state index in [1.54, 1.807) is 13.8 Å². The van der Waals surface area contributed by atoms with Crippen LogP contribution in [0.1, 0.15) is 19.4 Å². The number of phenols is 1. The van der Waals surface area contributed by atoms with Crippen molar-refractivity contribution in [2.45, 2.75) is 19.3 Å². The summed E-state index contributed by atoms with van der Waals surface area (Å²) in [5.74, 6) is -0.0443. The van der Waals surface area contributed by atoms with Crippen molar-refractivity contribution in [2.75, 3.05) is 6.61 Å². The summed E-state index contributed by atoms with van der Waals surface area (Å²) < 4.78 is 0. The highest BCUT2D eigenvalue weighted by atomic mass is 16.6. The molecule has 5 nitrogen and oxygen atoms in total. The highest BCUT2D eigenvalue weighted by Gasteiger charge is 2.28. The summed E-state index contributed by atoms with van der Waals surface area (Å²) in [7, 11) is 0. The van der Waals surface area contributed by atoms with E-state index in [-0.39, 0.29) is 18.0 Å². The monoisotopic (exact) mass is 211 g/mol. The average Bonchev–Trinajstić information content (AvgIpc) is 2.17. The molecule has 0 aliphatic heterocycles. The van der Waals surface area contributed by atoms with Gasteiger partial charge in [0.15, 0.2) is 0 Å². The number of aliphatic hydroxyl groups excluding tert-OH is 1. The number of benzene rings is 1. The lowest BCUT2D eigenvalue weighted by molar-refractivity contribution is -0.386. The zero-order valence-electron chi connectivity index (χ0n) is 8.60. The normalized spacial score (nSPS) is 11.4. The van der Waals surface area contributed by atoms with Gasteiger partial charge in [0.25, 0.3) is 5.69 Å². The van der Waals surface area contributed by atoms with E-state index in [1.165, 1.54) is 18.2 Å². The molecule has 0 amide bonds. The second-order valence-corrected chi connectivity index (χ2v) is 4.00. The Hall–Kier alpha value is -1.62. The van der Waals surface area contributed by atoms with E-state index in [1.807, 2.05) is 0 Å². The predicted molar refractivity (Wildman–Crippen MR) is 54.9 cm³/mol. The van der Waals surface area contributed by atoms with Gasteiger partial charge in [-0.15, -0.1) is 0 Å². The second kappa shape index (κ2) is 3.86. The zero-order chi connectivity index (χ0) is 11.6. The summed E-state index contributed by atoms with van der Waals surface area (Å²) >= 11 is 0. The molecule has 2 N–H and O–H groups in total. The maximum Gasteiger partial charge on any atom is 0.273 e. The van der Waals surface area contributed by atoms with E-state index < -0.39 is 10.3 Å². The number of nitro groups is 1. The third-order valence-corrected chi connectivity index (χ3v) is 2.30. The molecule has 0 saturated heterocycles. The Labute approximate surface area is 87.1 Å². The van der Waals surface area contributed by atoms with Crippen molar-refractivity contribution >= 4 is 5.69 Å². The summed E-state index contributed by atoms with van der Waals surface area (Å²) in [5.41, 5.74) is -0.511. The van der Waals surface area contributed by atoms with Gasteiger partial charge in [-0.1, -0.05) is 13.8 Å². The number of phenolic OH excluding ortho intramolecular Hbond substituents is 1. The SMILES string of the molecule is CC(C)(CO)c1cc(O)ccc1[N+](=O)[O-]. The number of rotatable bonds is 3. The van der Waals surface area contributed by atoms with Gasteiger partial charge in [0.2, 0.25) is 0 Å². The molecular formula is C10H13NO4. The fourth-order valence-electron chi connectivity index (χ4n) is 1.31. The minimum atomic E-state index is -0.749. The topological polar surface area (TPSA) is 83.6 Å². The Kier molecular flexibility index (Phi) is 2.95. The number of aromatic hydroxyl groups is 1. The molecule has 1 aromatic rings. The van der Waals surface area contributed by atoms with Gasteiger partial charge >= 0.3 is 0 Å². The zero-order valence-corrected chi connectivity index (χ0v) is 8.60. The van der Waals surface area contributed by atoms with Crippen LogP contribution in [0.25, 0.3) is 0 Å². The van der Waals surface area contributed by atoms with E-state index in [4.69, 9.17) is 5.11 Å². The minimum Gasteiger partial charge on any atom is -0.508 e. The summed E-state index contributed by atoms with van der Waals surface area (Å²) in [6.07, 6.45) is 0. The van der Waals surface area contributed by atoms with Gasteiger partial charge in [-0.05, 0) is 12.1 Å². The highest BCUT2D eigenvalue weighted by Crippen LogP contribution is 2.33. The molecule has 0 fully saturated rings. The van der Waals surface area contributed by atoms with Gasteiger partial charge in [0.1, 0.15) is 5.75 Å². The van der Waals surface area contributed by atoms with Gasteiger partial charge in [0.05, 0.1) is 11.5 Å². The smallest absolute Gasteiger partial charge is 0.273 e. The molecule has 0 heterocycles. The molecule has 15 heavy (non-hydrogen) atoms. The lowest BCUT2D eigenvalue weighted by Crippen LogP contribution is -2.23. The van der Waals surface area contributed by atoms with Crippen LogP contribution in [-0.2, 0) is 5.41 Å². The molecule has 1 rings (SSSR count). The summed E-state index contributed by atoms with van der Waals surface area (Å²) in [6.45, 7) is 3.13. The maximum absolute atomic E-state index is 10.7. The third-order valence-electron chi connectivity index (χ3n) is 2.30. The van der Waals surface area contributed by atoms with Crippen molar-refractivity contribution in [1.82, 2.24) is 0 Å². The van der Waals surface area contributed by atoms with Crippen molar-refractivity contribution in [3.63, 3.8) is 0 Å². The molecule has 0 bridgehead atoms. The summed E-state index contributed by atoms with van der Waals surface area (Å²) in [6, 6.07) is 3.81. The molecule has 0 aromatic heterocycles. The van der Waals surface area contributed by atoms with E-state index in [0.717, 1.165) is 0 Å². The van der Waals surface area contributed by atoms with Crippen molar-refractivity contribution in [3.8, 4) is 5.75 Å². The fourth-order valence-corrected chi connectivity index (χ4v) is 1.31. The van der Waals surface area contributed by atoms with Crippen LogP contribution in [0.5, 0.6) is 5.75 Å². The van der Waals surface area contributed by atoms with Crippen molar-refractivity contribution < 1.29 is 15.1 Å². The molecule has 0 spiro atoms. The number of hydrogen-bond donors (Lipinski definition) is 2. The van der Waals surface area contributed by atoms with Crippen LogP contribution < -0.4 is 0 Å². The fraction of sp³-hybridized carbons (Fsp3) is 0.400. The van der Waals surface area contributed by atoms with E-state index in [0.29, 0.717) is 5.56 Å². The highest BCUT2D eigenvalue weighted by molar-refractivity contribution is 5.48. The van der Waals surface area contributed by atoms with Gasteiger partial charge in [-0.2, -0.15) is 0 Å². The minimum absolute atomic E-state index is 0.0443. The molecule has 1 aromatic carbocycles. The van der Waals surface area contributed by atoms with Gasteiger partial charge < -0.3 is 10.2 Å². The second-order valence-electron chi connectivity index (χ2n) is 4.00. The lowest BCUT2D eigenvalue weighted by Gasteiger charge is -2.21. The molecular weight excluding hydrogens is 198 g/mol. The van der Waals surface area contributed by atoms with Crippen LogP contribution in [0, 0.1) is 10.1 Å². The number of hydrogen-bond acceptors (Lipinski definition) is 4. The molecule has 0 aliphatic carbocycles. The van der Waals surface area contributed by atoms with Crippen LogP contribution in [0.2, 0.25) is 0 Å². The predicted octanol–water partition coefficient (Wildman–Crippen LogP) is 1.57. The molecule has 82 valence electrons. The Morgan fingerprint density at radius 2 is 2.07 bits per heavy atom. The molecule has 0 atom stereocenters. The number of nitro benzene ring substituents is 1. The Morgan fingerprint density at radius 3 is 2.53 bits per heavy atom. The van der Waals surface area contributed by atoms with Crippen LogP contribution >= 0.6 is 0 Å². The molecule has 0 aliphatic rings. The molecule has 0 saturated carbocycles. The van der Waals surface area contributed by atoms with Crippen LogP contribution in [0.15, 0.2) is 18.2 Å². The van der Waals surface area contributed by atoms with Crippen molar-refractivity contribution in [2.24, 2.45) is 0 Å². The summed E-state index contributed by atoms with van der Waals surface area (Å²) in [4.78, 5) is 10.2. The van der Waals surface area contributed by atoms with Gasteiger partial charge in [0, 0.05) is 17.0 Å². The molecule has 0 unspecified atom stereocenters. The largest absolute Gasteiger partial charge is 0.508 e. The Balaban J connectivity index is 3.37. The van der Waals surface area contributed by atoms with Crippen LogP contribution in [0.3, 0.4) is 0 Å². The maximum atomic E-state index is 10.7. The molecule has 5 heteroatoms.